The van der Waals surface area contributed by atoms with Crippen molar-refractivity contribution in [2.24, 2.45) is 11.3 Å². The number of thiophene rings is 1. The van der Waals surface area contributed by atoms with Crippen LogP contribution in [-0.4, -0.2) is 28.9 Å². The summed E-state index contributed by atoms with van der Waals surface area (Å²) < 4.78 is 0. The van der Waals surface area contributed by atoms with Crippen LogP contribution >= 0.6 is 22.9 Å². The summed E-state index contributed by atoms with van der Waals surface area (Å²) in [5.41, 5.74) is 2.26. The van der Waals surface area contributed by atoms with Gasteiger partial charge in [0.25, 0.3) is 5.91 Å². The summed E-state index contributed by atoms with van der Waals surface area (Å²) in [5, 5.41) is 10.4. The van der Waals surface area contributed by atoms with E-state index in [2.05, 4.69) is 27.9 Å². The maximum atomic E-state index is 13.2. The molecule has 2 atom stereocenters. The predicted octanol–water partition coefficient (Wildman–Crippen LogP) is 6.41. The predicted molar refractivity (Wildman–Crippen MR) is 146 cm³/mol. The summed E-state index contributed by atoms with van der Waals surface area (Å²) >= 11 is 7.56. The van der Waals surface area contributed by atoms with Crippen molar-refractivity contribution in [3.8, 4) is 0 Å². The van der Waals surface area contributed by atoms with Crippen molar-refractivity contribution in [2.45, 2.75) is 96.2 Å². The minimum Gasteiger partial charge on any atom is -0.376 e. The zero-order valence-corrected chi connectivity index (χ0v) is 22.8. The van der Waals surface area contributed by atoms with E-state index in [4.69, 9.17) is 11.6 Å². The van der Waals surface area contributed by atoms with Gasteiger partial charge in [-0.05, 0) is 75.5 Å². The molecule has 1 spiro atoms. The lowest BCUT2D eigenvalue weighted by Gasteiger charge is -2.54. The van der Waals surface area contributed by atoms with E-state index in [0.717, 1.165) is 48.4 Å². The summed E-state index contributed by atoms with van der Waals surface area (Å²) in [7, 11) is 0. The number of rotatable bonds is 9. The largest absolute Gasteiger partial charge is 0.376 e. The average Bonchev–Trinajstić information content (AvgIpc) is 3.49. The Labute approximate surface area is 223 Å². The van der Waals surface area contributed by atoms with Gasteiger partial charge < -0.3 is 16.0 Å². The molecule has 0 radical (unpaired) electrons. The van der Waals surface area contributed by atoms with Crippen LogP contribution in [0.4, 0.5) is 5.69 Å². The van der Waals surface area contributed by atoms with Gasteiger partial charge in [-0.2, -0.15) is 0 Å². The standard InChI is InChI=1S/C28H37ClN4O2S/c1-17-22(13-20(29)16-30-17)31-18(2)24-8-9-25(36-24)27(35)33-23(12-19-6-3-4-7-19)26(34)32-21-14-28(15-21)10-5-11-28/h8-9,13,16,18-19,21,23,31H,3-7,10-12,14-15H2,1-2H3,(H,32,34)(H,33,35). The van der Waals surface area contributed by atoms with E-state index < -0.39 is 6.04 Å². The topological polar surface area (TPSA) is 83.1 Å². The van der Waals surface area contributed by atoms with Crippen LogP contribution in [-0.2, 0) is 4.79 Å². The first-order chi connectivity index (χ1) is 17.3. The fraction of sp³-hybridized carbons (Fsp3) is 0.607. The molecule has 6 nitrogen and oxygen atoms in total. The lowest BCUT2D eigenvalue weighted by Crippen LogP contribution is -2.57. The van der Waals surface area contributed by atoms with Crippen molar-refractivity contribution in [1.29, 1.82) is 0 Å². The van der Waals surface area contributed by atoms with Gasteiger partial charge in [-0.3, -0.25) is 14.6 Å². The number of anilines is 1. The van der Waals surface area contributed by atoms with Gasteiger partial charge in [-0.1, -0.05) is 43.7 Å². The van der Waals surface area contributed by atoms with E-state index in [1.165, 1.54) is 43.4 Å². The summed E-state index contributed by atoms with van der Waals surface area (Å²) in [6.07, 6.45) is 13.2. The van der Waals surface area contributed by atoms with Crippen molar-refractivity contribution in [3.63, 3.8) is 0 Å². The van der Waals surface area contributed by atoms with Crippen LogP contribution in [0.25, 0.3) is 0 Å². The van der Waals surface area contributed by atoms with E-state index >= 15 is 0 Å². The maximum absolute atomic E-state index is 13.2. The highest BCUT2D eigenvalue weighted by Crippen LogP contribution is 2.55. The first kappa shape index (κ1) is 25.5. The number of halogens is 1. The first-order valence-electron chi connectivity index (χ1n) is 13.4. The molecule has 3 aliphatic carbocycles. The Morgan fingerprint density at radius 3 is 2.64 bits per heavy atom. The van der Waals surface area contributed by atoms with Gasteiger partial charge in [0.15, 0.2) is 0 Å². The quantitative estimate of drug-likeness (QED) is 0.351. The second kappa shape index (κ2) is 10.7. The number of hydrogen-bond donors (Lipinski definition) is 3. The Kier molecular flexibility index (Phi) is 7.59. The van der Waals surface area contributed by atoms with Crippen molar-refractivity contribution in [2.75, 3.05) is 5.32 Å². The minimum absolute atomic E-state index is 0.00876. The third-order valence-corrected chi connectivity index (χ3v) is 9.96. The molecule has 0 aliphatic heterocycles. The van der Waals surface area contributed by atoms with Gasteiger partial charge in [-0.15, -0.1) is 11.3 Å². The van der Waals surface area contributed by atoms with Gasteiger partial charge in [0.05, 0.1) is 27.3 Å². The highest BCUT2D eigenvalue weighted by atomic mass is 35.5. The number of carbonyl (C=O) groups is 2. The molecule has 0 aromatic carbocycles. The van der Waals surface area contributed by atoms with Crippen LogP contribution in [0.5, 0.6) is 0 Å². The SMILES string of the molecule is Cc1ncc(Cl)cc1NC(C)c1ccc(C(=O)NC(CC2CCCC2)C(=O)NC2CC3(CCC3)C2)s1. The Bertz CT molecular complexity index is 1100. The Balaban J connectivity index is 1.21. The van der Waals surface area contributed by atoms with E-state index in [-0.39, 0.29) is 23.9 Å². The fourth-order valence-electron chi connectivity index (χ4n) is 6.18. The number of amides is 2. The third kappa shape index (κ3) is 5.72. The number of aromatic nitrogens is 1. The number of carbonyl (C=O) groups excluding carboxylic acids is 2. The van der Waals surface area contributed by atoms with Crippen LogP contribution in [0.15, 0.2) is 24.4 Å². The third-order valence-electron chi connectivity index (χ3n) is 8.49. The van der Waals surface area contributed by atoms with Gasteiger partial charge in [-0.25, -0.2) is 0 Å². The molecule has 2 amide bonds. The molecule has 3 saturated carbocycles. The molecule has 0 bridgehead atoms. The molecule has 2 unspecified atom stereocenters. The zero-order valence-electron chi connectivity index (χ0n) is 21.2. The van der Waals surface area contributed by atoms with Crippen molar-refractivity contribution < 1.29 is 9.59 Å². The second-order valence-corrected chi connectivity index (χ2v) is 12.8. The number of nitrogens with zero attached hydrogens (tertiary/aromatic N) is 1. The zero-order chi connectivity index (χ0) is 25.3. The monoisotopic (exact) mass is 528 g/mol. The molecule has 8 heteroatoms. The molecule has 3 fully saturated rings. The van der Waals surface area contributed by atoms with Gasteiger partial charge in [0.2, 0.25) is 5.91 Å². The van der Waals surface area contributed by atoms with E-state index in [1.807, 2.05) is 25.1 Å². The van der Waals surface area contributed by atoms with Gasteiger partial charge >= 0.3 is 0 Å². The van der Waals surface area contributed by atoms with Crippen LogP contribution in [0, 0.1) is 18.3 Å². The molecular weight excluding hydrogens is 492 g/mol. The molecule has 3 aliphatic rings. The normalized spacial score (nSPS) is 20.9. The summed E-state index contributed by atoms with van der Waals surface area (Å²) in [6, 6.07) is 5.48. The van der Waals surface area contributed by atoms with Crippen molar-refractivity contribution in [1.82, 2.24) is 15.6 Å². The highest BCUT2D eigenvalue weighted by molar-refractivity contribution is 7.14. The molecule has 2 aromatic rings. The number of hydrogen-bond acceptors (Lipinski definition) is 5. The molecule has 0 saturated heterocycles. The van der Waals surface area contributed by atoms with Crippen LogP contribution in [0.3, 0.4) is 0 Å². The molecule has 2 aromatic heterocycles. The molecule has 3 N–H and O–H groups in total. The Hall–Kier alpha value is -2.12. The van der Waals surface area contributed by atoms with E-state index in [9.17, 15) is 9.59 Å². The smallest absolute Gasteiger partial charge is 0.262 e. The summed E-state index contributed by atoms with van der Waals surface area (Å²) in [4.78, 5) is 32.4. The van der Waals surface area contributed by atoms with Crippen LogP contribution < -0.4 is 16.0 Å². The molecule has 5 rings (SSSR count). The number of aryl methyl sites for hydroxylation is 1. The second-order valence-electron chi connectivity index (χ2n) is 11.2. The van der Waals surface area contributed by atoms with E-state index in [0.29, 0.717) is 21.2 Å². The lowest BCUT2D eigenvalue weighted by atomic mass is 9.54. The van der Waals surface area contributed by atoms with Crippen LogP contribution in [0.1, 0.15) is 97.4 Å². The molecular formula is C28H37ClN4O2S. The fourth-order valence-corrected chi connectivity index (χ4v) is 7.25. The number of nitrogens with one attached hydrogen (secondary N) is 3. The van der Waals surface area contributed by atoms with Gasteiger partial charge in [0, 0.05) is 17.1 Å². The van der Waals surface area contributed by atoms with Crippen molar-refractivity contribution >= 4 is 40.4 Å². The molecule has 36 heavy (non-hydrogen) atoms. The summed E-state index contributed by atoms with van der Waals surface area (Å²) in [6.45, 7) is 3.99. The lowest BCUT2D eigenvalue weighted by molar-refractivity contribution is -0.126. The first-order valence-corrected chi connectivity index (χ1v) is 14.6. The Morgan fingerprint density at radius 1 is 1.19 bits per heavy atom. The Morgan fingerprint density at radius 2 is 1.94 bits per heavy atom. The number of pyridine rings is 1. The molecule has 194 valence electrons. The van der Waals surface area contributed by atoms with E-state index in [1.54, 1.807) is 6.20 Å². The van der Waals surface area contributed by atoms with Crippen molar-refractivity contribution in [3.05, 3.63) is 44.9 Å². The molecule has 2 heterocycles. The average molecular weight is 529 g/mol. The van der Waals surface area contributed by atoms with Crippen LogP contribution in [0.2, 0.25) is 5.02 Å². The highest BCUT2D eigenvalue weighted by Gasteiger charge is 2.48. The minimum atomic E-state index is -0.472. The van der Waals surface area contributed by atoms with Gasteiger partial charge in [0.1, 0.15) is 6.04 Å². The maximum Gasteiger partial charge on any atom is 0.262 e. The summed E-state index contributed by atoms with van der Waals surface area (Å²) in [5.74, 6) is 0.338.